The van der Waals surface area contributed by atoms with Gasteiger partial charge in [-0.1, -0.05) is 13.8 Å². The number of nitrogens with zero attached hydrogens (tertiary/aromatic N) is 2. The van der Waals surface area contributed by atoms with Gasteiger partial charge in [-0.3, -0.25) is 0 Å². The van der Waals surface area contributed by atoms with E-state index in [9.17, 15) is 13.5 Å². The summed E-state index contributed by atoms with van der Waals surface area (Å²) in [7, 11) is -2.22. The summed E-state index contributed by atoms with van der Waals surface area (Å²) in [4.78, 5) is 3.73. The van der Waals surface area contributed by atoms with Crippen LogP contribution in [-0.2, 0) is 17.1 Å². The van der Waals surface area contributed by atoms with Crippen LogP contribution >= 0.6 is 0 Å². The molecule has 0 aliphatic rings. The van der Waals surface area contributed by atoms with Crippen LogP contribution in [0, 0.1) is 0 Å². The van der Waals surface area contributed by atoms with Crippen molar-refractivity contribution >= 4 is 15.8 Å². The zero-order valence-electron chi connectivity index (χ0n) is 10.8. The zero-order chi connectivity index (χ0) is 14.0. The molecule has 7 nitrogen and oxygen atoms in total. The van der Waals surface area contributed by atoms with Gasteiger partial charge >= 0.3 is 0 Å². The fraction of sp³-hybridized carbons (Fsp3) is 0.700. The first-order valence-corrected chi connectivity index (χ1v) is 7.23. The summed E-state index contributed by atoms with van der Waals surface area (Å²) in [5.74, 6) is -0.0541. The Balaban J connectivity index is 2.91. The van der Waals surface area contributed by atoms with E-state index in [2.05, 4.69) is 9.71 Å². The maximum absolute atomic E-state index is 12.1. The molecule has 0 spiro atoms. The quantitative estimate of drug-likeness (QED) is 0.668. The molecule has 8 heteroatoms. The lowest BCUT2D eigenvalue weighted by Gasteiger charge is -2.25. The Hall–Kier alpha value is -1.12. The minimum absolute atomic E-state index is 0.0487. The average Bonchev–Trinajstić information content (AvgIpc) is 2.67. The van der Waals surface area contributed by atoms with Crippen LogP contribution in [0.3, 0.4) is 0 Å². The van der Waals surface area contributed by atoms with Gasteiger partial charge in [0.15, 0.2) is 10.8 Å². The predicted octanol–water partition coefficient (Wildman–Crippen LogP) is -0.168. The van der Waals surface area contributed by atoms with Crippen molar-refractivity contribution in [2.75, 3.05) is 12.3 Å². The van der Waals surface area contributed by atoms with Gasteiger partial charge in [-0.2, -0.15) is 0 Å². The SMILES string of the molecule is CCC(O)(CC)CNS(=O)(=O)c1c(N)ncn1C. The molecule has 0 fully saturated rings. The third-order valence-corrected chi connectivity index (χ3v) is 4.60. The van der Waals surface area contributed by atoms with Crippen LogP contribution in [0.5, 0.6) is 0 Å². The fourth-order valence-electron chi connectivity index (χ4n) is 1.56. The molecule has 104 valence electrons. The molecule has 0 atom stereocenters. The van der Waals surface area contributed by atoms with Crippen molar-refractivity contribution in [3.63, 3.8) is 0 Å². The molecule has 0 aliphatic carbocycles. The Morgan fingerprint density at radius 2 is 2.06 bits per heavy atom. The first kappa shape index (κ1) is 14.9. The van der Waals surface area contributed by atoms with E-state index in [-0.39, 0.29) is 17.4 Å². The highest BCUT2D eigenvalue weighted by Crippen LogP contribution is 2.18. The van der Waals surface area contributed by atoms with Gasteiger partial charge in [0, 0.05) is 13.6 Å². The molecule has 1 aromatic rings. The molecule has 0 aromatic carbocycles. The van der Waals surface area contributed by atoms with E-state index >= 15 is 0 Å². The molecule has 0 saturated heterocycles. The summed E-state index contributed by atoms with van der Waals surface area (Å²) < 4.78 is 27.8. The molecular weight excluding hydrogens is 256 g/mol. The summed E-state index contributed by atoms with van der Waals surface area (Å²) in [6.45, 7) is 3.55. The van der Waals surface area contributed by atoms with Crippen LogP contribution in [0.1, 0.15) is 26.7 Å². The monoisotopic (exact) mass is 276 g/mol. The highest BCUT2D eigenvalue weighted by molar-refractivity contribution is 7.89. The van der Waals surface area contributed by atoms with Crippen LogP contribution < -0.4 is 10.5 Å². The predicted molar refractivity (Wildman–Crippen MR) is 68.3 cm³/mol. The maximum Gasteiger partial charge on any atom is 0.260 e. The number of hydrogen-bond acceptors (Lipinski definition) is 5. The summed E-state index contributed by atoms with van der Waals surface area (Å²) >= 11 is 0. The van der Waals surface area contributed by atoms with E-state index in [0.717, 1.165) is 0 Å². The average molecular weight is 276 g/mol. The second-order valence-corrected chi connectivity index (χ2v) is 5.98. The third-order valence-electron chi connectivity index (χ3n) is 3.07. The normalized spacial score (nSPS) is 12.9. The summed E-state index contributed by atoms with van der Waals surface area (Å²) in [6, 6.07) is 0. The van der Waals surface area contributed by atoms with Crippen molar-refractivity contribution in [3.8, 4) is 0 Å². The Bertz CT molecular complexity index is 486. The van der Waals surface area contributed by atoms with E-state index in [4.69, 9.17) is 5.73 Å². The van der Waals surface area contributed by atoms with Gasteiger partial charge in [-0.05, 0) is 12.8 Å². The number of nitrogens with one attached hydrogen (secondary N) is 1. The zero-order valence-corrected chi connectivity index (χ0v) is 11.7. The second-order valence-electron chi connectivity index (χ2n) is 4.30. The van der Waals surface area contributed by atoms with Crippen molar-refractivity contribution in [1.29, 1.82) is 0 Å². The van der Waals surface area contributed by atoms with Crippen molar-refractivity contribution < 1.29 is 13.5 Å². The molecule has 18 heavy (non-hydrogen) atoms. The molecule has 0 bridgehead atoms. The number of rotatable bonds is 6. The summed E-state index contributed by atoms with van der Waals surface area (Å²) in [5, 5.41) is 9.96. The number of sulfonamides is 1. The number of aryl methyl sites for hydroxylation is 1. The van der Waals surface area contributed by atoms with E-state index in [1.165, 1.54) is 10.9 Å². The lowest BCUT2D eigenvalue weighted by Crippen LogP contribution is -2.42. The lowest BCUT2D eigenvalue weighted by molar-refractivity contribution is 0.0377. The number of hydrogen-bond donors (Lipinski definition) is 3. The van der Waals surface area contributed by atoms with Crippen LogP contribution in [-0.4, -0.2) is 35.2 Å². The largest absolute Gasteiger partial charge is 0.389 e. The van der Waals surface area contributed by atoms with Gasteiger partial charge in [-0.25, -0.2) is 18.1 Å². The number of nitrogen functional groups attached to an aromatic ring is 1. The third kappa shape index (κ3) is 3.01. The molecule has 0 saturated carbocycles. The summed E-state index contributed by atoms with van der Waals surface area (Å²) in [5.41, 5.74) is 4.48. The Labute approximate surface area is 107 Å². The van der Waals surface area contributed by atoms with E-state index in [1.807, 2.05) is 0 Å². The first-order chi connectivity index (χ1) is 8.25. The molecule has 0 aliphatic heterocycles. The number of aromatic nitrogens is 2. The standard InChI is InChI=1S/C10H20N4O3S/c1-4-10(15,5-2)6-13-18(16,17)9-8(11)12-7-14(9)3/h7,13,15H,4-6,11H2,1-3H3. The second kappa shape index (κ2) is 5.25. The molecular formula is C10H20N4O3S. The maximum atomic E-state index is 12.1. The Morgan fingerprint density at radius 1 is 1.50 bits per heavy atom. The van der Waals surface area contributed by atoms with E-state index < -0.39 is 15.6 Å². The highest BCUT2D eigenvalue weighted by Gasteiger charge is 2.28. The smallest absolute Gasteiger partial charge is 0.260 e. The fourth-order valence-corrected chi connectivity index (χ4v) is 2.91. The molecule has 0 amide bonds. The van der Waals surface area contributed by atoms with Crippen LogP contribution in [0.2, 0.25) is 0 Å². The number of imidazole rings is 1. The molecule has 1 aromatic heterocycles. The van der Waals surface area contributed by atoms with Crippen LogP contribution in [0.15, 0.2) is 11.4 Å². The van der Waals surface area contributed by atoms with Gasteiger partial charge in [-0.15, -0.1) is 0 Å². The van der Waals surface area contributed by atoms with Gasteiger partial charge in [0.2, 0.25) is 0 Å². The van der Waals surface area contributed by atoms with Crippen LogP contribution in [0.4, 0.5) is 5.82 Å². The van der Waals surface area contributed by atoms with Crippen molar-refractivity contribution in [2.24, 2.45) is 7.05 Å². The number of anilines is 1. The van der Waals surface area contributed by atoms with Gasteiger partial charge in [0.25, 0.3) is 10.0 Å². The highest BCUT2D eigenvalue weighted by atomic mass is 32.2. The minimum atomic E-state index is -3.77. The molecule has 1 rings (SSSR count). The van der Waals surface area contributed by atoms with Crippen LogP contribution in [0.25, 0.3) is 0 Å². The Kier molecular flexibility index (Phi) is 4.36. The molecule has 1 heterocycles. The van der Waals surface area contributed by atoms with Crippen molar-refractivity contribution in [1.82, 2.24) is 14.3 Å². The van der Waals surface area contributed by atoms with E-state index in [1.54, 1.807) is 20.9 Å². The molecule has 0 unspecified atom stereocenters. The van der Waals surface area contributed by atoms with Crippen molar-refractivity contribution in [3.05, 3.63) is 6.33 Å². The number of nitrogens with two attached hydrogens (primary N) is 1. The number of aliphatic hydroxyl groups is 1. The van der Waals surface area contributed by atoms with Crippen molar-refractivity contribution in [2.45, 2.75) is 37.3 Å². The molecule has 4 N–H and O–H groups in total. The van der Waals surface area contributed by atoms with Gasteiger partial charge in [0.05, 0.1) is 11.9 Å². The van der Waals surface area contributed by atoms with Gasteiger partial charge < -0.3 is 15.4 Å². The molecule has 0 radical (unpaired) electrons. The van der Waals surface area contributed by atoms with Gasteiger partial charge in [0.1, 0.15) is 0 Å². The summed E-state index contributed by atoms with van der Waals surface area (Å²) in [6.07, 6.45) is 2.26. The topological polar surface area (TPSA) is 110 Å². The minimum Gasteiger partial charge on any atom is -0.389 e. The Morgan fingerprint density at radius 3 is 2.44 bits per heavy atom. The first-order valence-electron chi connectivity index (χ1n) is 5.74. The lowest BCUT2D eigenvalue weighted by atomic mass is 9.98. The van der Waals surface area contributed by atoms with E-state index in [0.29, 0.717) is 12.8 Å².